The molecule has 1 aromatic heterocycles. The number of aromatic nitrogens is 2. The summed E-state index contributed by atoms with van der Waals surface area (Å²) in [6.07, 6.45) is 2.04. The molecular formula is C13H18ClN3O3. The molecule has 2 unspecified atom stereocenters. The minimum Gasteiger partial charge on any atom is -0.481 e. The van der Waals surface area contributed by atoms with Gasteiger partial charge in [-0.25, -0.2) is 0 Å². The van der Waals surface area contributed by atoms with Crippen molar-refractivity contribution >= 4 is 23.5 Å². The number of carboxylic acid groups (broad SMARTS) is 1. The maximum atomic E-state index is 11.8. The molecule has 0 aliphatic heterocycles. The highest BCUT2D eigenvalue weighted by molar-refractivity contribution is 6.29. The van der Waals surface area contributed by atoms with E-state index in [1.54, 1.807) is 6.92 Å². The number of carbonyl (C=O) groups is 2. The van der Waals surface area contributed by atoms with Crippen molar-refractivity contribution in [1.29, 1.82) is 0 Å². The number of hydrogen-bond donors (Lipinski definition) is 2. The van der Waals surface area contributed by atoms with E-state index in [2.05, 4.69) is 15.5 Å². The van der Waals surface area contributed by atoms with E-state index in [1.165, 1.54) is 12.1 Å². The van der Waals surface area contributed by atoms with Crippen LogP contribution in [-0.2, 0) is 4.79 Å². The smallest absolute Gasteiger partial charge is 0.306 e. The molecule has 1 rings (SSSR count). The van der Waals surface area contributed by atoms with Crippen LogP contribution in [0, 0.1) is 5.92 Å². The molecule has 6 nitrogen and oxygen atoms in total. The van der Waals surface area contributed by atoms with Crippen molar-refractivity contribution in [2.45, 2.75) is 39.2 Å². The Labute approximate surface area is 122 Å². The highest BCUT2D eigenvalue weighted by Crippen LogP contribution is 2.10. The van der Waals surface area contributed by atoms with Crippen LogP contribution in [0.5, 0.6) is 0 Å². The zero-order valence-corrected chi connectivity index (χ0v) is 12.2. The molecular weight excluding hydrogens is 282 g/mol. The first-order valence-electron chi connectivity index (χ1n) is 6.43. The molecule has 1 heterocycles. The van der Waals surface area contributed by atoms with Gasteiger partial charge >= 0.3 is 5.97 Å². The largest absolute Gasteiger partial charge is 0.481 e. The summed E-state index contributed by atoms with van der Waals surface area (Å²) in [5, 5.41) is 19.1. The van der Waals surface area contributed by atoms with Crippen LogP contribution in [0.25, 0.3) is 0 Å². The van der Waals surface area contributed by atoms with Crippen LogP contribution in [0.3, 0.4) is 0 Å². The summed E-state index contributed by atoms with van der Waals surface area (Å²) in [6.45, 7) is 3.54. The van der Waals surface area contributed by atoms with Crippen LogP contribution in [-0.4, -0.2) is 33.2 Å². The van der Waals surface area contributed by atoms with Crippen LogP contribution < -0.4 is 5.32 Å². The lowest BCUT2D eigenvalue weighted by Crippen LogP contribution is -2.33. The van der Waals surface area contributed by atoms with Crippen molar-refractivity contribution in [2.24, 2.45) is 5.92 Å². The molecule has 0 radical (unpaired) electrons. The quantitative estimate of drug-likeness (QED) is 0.804. The summed E-state index contributed by atoms with van der Waals surface area (Å²) in [5.74, 6) is -1.47. The van der Waals surface area contributed by atoms with Crippen LogP contribution in [0.2, 0.25) is 5.15 Å². The lowest BCUT2D eigenvalue weighted by Gasteiger charge is -2.14. The zero-order chi connectivity index (χ0) is 15.1. The van der Waals surface area contributed by atoms with Gasteiger partial charge in [0.15, 0.2) is 10.8 Å². The van der Waals surface area contributed by atoms with Crippen LogP contribution in [0.15, 0.2) is 12.1 Å². The van der Waals surface area contributed by atoms with E-state index in [9.17, 15) is 9.59 Å². The number of halogens is 1. The first-order valence-corrected chi connectivity index (χ1v) is 6.81. The minimum atomic E-state index is -0.793. The third-order valence-electron chi connectivity index (χ3n) is 2.94. The Hall–Kier alpha value is -1.69. The molecule has 0 aliphatic carbocycles. The van der Waals surface area contributed by atoms with E-state index in [-0.39, 0.29) is 28.7 Å². The second-order valence-corrected chi connectivity index (χ2v) is 5.17. The van der Waals surface area contributed by atoms with E-state index >= 15 is 0 Å². The molecule has 0 aliphatic rings. The van der Waals surface area contributed by atoms with Gasteiger partial charge < -0.3 is 10.4 Å². The highest BCUT2D eigenvalue weighted by atomic mass is 35.5. The average Bonchev–Trinajstić information content (AvgIpc) is 2.39. The molecule has 0 saturated heterocycles. The lowest BCUT2D eigenvalue weighted by molar-refractivity contribution is -0.141. The van der Waals surface area contributed by atoms with E-state index in [0.29, 0.717) is 12.8 Å². The van der Waals surface area contributed by atoms with Gasteiger partial charge in [0.2, 0.25) is 0 Å². The first kappa shape index (κ1) is 16.4. The number of nitrogens with one attached hydrogen (secondary N) is 1. The van der Waals surface area contributed by atoms with Crippen molar-refractivity contribution in [1.82, 2.24) is 15.5 Å². The predicted molar refractivity (Wildman–Crippen MR) is 74.6 cm³/mol. The number of aliphatic carboxylic acids is 1. The topological polar surface area (TPSA) is 92.2 Å². The monoisotopic (exact) mass is 299 g/mol. The summed E-state index contributed by atoms with van der Waals surface area (Å²) in [6, 6.07) is 2.95. The Bertz CT molecular complexity index is 464. The Kier molecular flexibility index (Phi) is 6.38. The molecule has 110 valence electrons. The maximum Gasteiger partial charge on any atom is 0.306 e. The van der Waals surface area contributed by atoms with Crippen molar-refractivity contribution in [2.75, 3.05) is 0 Å². The second kappa shape index (κ2) is 7.79. The van der Waals surface area contributed by atoms with Crippen molar-refractivity contribution < 1.29 is 14.7 Å². The number of nitrogens with zero attached hydrogens (tertiary/aromatic N) is 2. The Morgan fingerprint density at radius 3 is 2.55 bits per heavy atom. The van der Waals surface area contributed by atoms with Crippen molar-refractivity contribution in [3.63, 3.8) is 0 Å². The summed E-state index contributed by atoms with van der Waals surface area (Å²) >= 11 is 5.59. The molecule has 2 atom stereocenters. The number of amides is 1. The molecule has 0 bridgehead atoms. The Morgan fingerprint density at radius 1 is 1.30 bits per heavy atom. The fourth-order valence-electron chi connectivity index (χ4n) is 1.66. The fraction of sp³-hybridized carbons (Fsp3) is 0.538. The molecule has 0 saturated carbocycles. The van der Waals surface area contributed by atoms with Crippen LogP contribution >= 0.6 is 11.6 Å². The SMILES string of the molecule is CC(CCCC(C)C(=O)O)NC(=O)c1ccc(Cl)nn1. The summed E-state index contributed by atoms with van der Waals surface area (Å²) in [4.78, 5) is 22.5. The third kappa shape index (κ3) is 5.52. The molecule has 2 N–H and O–H groups in total. The van der Waals surface area contributed by atoms with E-state index in [0.717, 1.165) is 6.42 Å². The number of hydrogen-bond acceptors (Lipinski definition) is 4. The Morgan fingerprint density at radius 2 is 2.00 bits per heavy atom. The highest BCUT2D eigenvalue weighted by Gasteiger charge is 2.14. The lowest BCUT2D eigenvalue weighted by atomic mass is 10.0. The van der Waals surface area contributed by atoms with Gasteiger partial charge in [0, 0.05) is 6.04 Å². The number of carbonyl (C=O) groups excluding carboxylic acids is 1. The summed E-state index contributed by atoms with van der Waals surface area (Å²) < 4.78 is 0. The van der Waals surface area contributed by atoms with Crippen molar-refractivity contribution in [3.05, 3.63) is 23.0 Å². The van der Waals surface area contributed by atoms with E-state index in [1.807, 2.05) is 6.92 Å². The molecule has 0 spiro atoms. The van der Waals surface area contributed by atoms with Gasteiger partial charge in [0.1, 0.15) is 0 Å². The number of rotatable bonds is 7. The maximum absolute atomic E-state index is 11.8. The van der Waals surface area contributed by atoms with Gasteiger partial charge in [-0.2, -0.15) is 0 Å². The molecule has 7 heteroatoms. The van der Waals surface area contributed by atoms with Crippen LogP contribution in [0.4, 0.5) is 0 Å². The average molecular weight is 300 g/mol. The summed E-state index contributed by atoms with van der Waals surface area (Å²) in [7, 11) is 0. The third-order valence-corrected chi connectivity index (χ3v) is 3.14. The minimum absolute atomic E-state index is 0.0547. The van der Waals surface area contributed by atoms with Crippen LogP contribution in [0.1, 0.15) is 43.6 Å². The predicted octanol–water partition coefficient (Wildman–Crippen LogP) is 2.14. The first-order chi connectivity index (χ1) is 9.40. The standard InChI is InChI=1S/C13H18ClN3O3/c1-8(13(19)20)4-3-5-9(2)15-12(18)10-6-7-11(14)17-16-10/h6-9H,3-5H2,1-2H3,(H,15,18)(H,19,20). The number of carboxylic acids is 1. The second-order valence-electron chi connectivity index (χ2n) is 4.79. The van der Waals surface area contributed by atoms with Gasteiger partial charge in [-0.1, -0.05) is 24.9 Å². The van der Waals surface area contributed by atoms with Gasteiger partial charge in [0.25, 0.3) is 5.91 Å². The molecule has 1 amide bonds. The Balaban J connectivity index is 2.35. The molecule has 0 aromatic carbocycles. The molecule has 0 fully saturated rings. The van der Waals surface area contributed by atoms with Gasteiger partial charge in [0.05, 0.1) is 5.92 Å². The fourth-order valence-corrected chi connectivity index (χ4v) is 1.76. The van der Waals surface area contributed by atoms with Crippen molar-refractivity contribution in [3.8, 4) is 0 Å². The molecule has 20 heavy (non-hydrogen) atoms. The van der Waals surface area contributed by atoms with Gasteiger partial charge in [-0.05, 0) is 31.9 Å². The van der Waals surface area contributed by atoms with E-state index < -0.39 is 5.97 Å². The summed E-state index contributed by atoms with van der Waals surface area (Å²) in [5.41, 5.74) is 0.208. The van der Waals surface area contributed by atoms with Gasteiger partial charge in [-0.15, -0.1) is 10.2 Å². The van der Waals surface area contributed by atoms with E-state index in [4.69, 9.17) is 16.7 Å². The zero-order valence-electron chi connectivity index (χ0n) is 11.5. The van der Waals surface area contributed by atoms with Gasteiger partial charge in [-0.3, -0.25) is 9.59 Å². The molecule has 1 aromatic rings. The normalized spacial score (nSPS) is 13.6.